The van der Waals surface area contributed by atoms with Crippen LogP contribution in [0.25, 0.3) is 0 Å². The third-order valence-corrected chi connectivity index (χ3v) is 6.19. The van der Waals surface area contributed by atoms with Gasteiger partial charge in [0.1, 0.15) is 22.7 Å². The van der Waals surface area contributed by atoms with Gasteiger partial charge in [-0.2, -0.15) is 0 Å². The minimum absolute atomic E-state index is 0.0689. The number of anilines is 2. The van der Waals surface area contributed by atoms with Crippen LogP contribution in [0.15, 0.2) is 30.3 Å². The second kappa shape index (κ2) is 14.1. The van der Waals surface area contributed by atoms with Gasteiger partial charge in [0, 0.05) is 12.0 Å². The molecule has 0 bridgehead atoms. The summed E-state index contributed by atoms with van der Waals surface area (Å²) < 4.78 is 10.3. The Morgan fingerprint density at radius 2 is 1.69 bits per heavy atom. The van der Waals surface area contributed by atoms with Crippen molar-refractivity contribution < 1.29 is 28.7 Å². The first-order valence-corrected chi connectivity index (χ1v) is 12.5. The average molecular weight is 504 g/mol. The van der Waals surface area contributed by atoms with Crippen molar-refractivity contribution >= 4 is 45.2 Å². The molecule has 3 amide bonds. The Balaban J connectivity index is 2.06. The standard InChI is InChI=1S/C25H33N3O6S/c1-5-7-9-14-19(29)27-22-16(3)20(24(31)33-6-2)23(35-22)28-21(30)17(4)26-25(32)34-15-18-12-10-8-11-13-18/h8,10-13,17H,5-7,9,14-15H2,1-4H3,(H,26,32)(H,27,29)(H,28,30)/t17-/m0/s1. The molecule has 35 heavy (non-hydrogen) atoms. The second-order valence-corrected chi connectivity index (χ2v) is 8.92. The van der Waals surface area contributed by atoms with E-state index in [2.05, 4.69) is 22.9 Å². The monoisotopic (exact) mass is 503 g/mol. The van der Waals surface area contributed by atoms with Crippen molar-refractivity contribution in [2.24, 2.45) is 0 Å². The summed E-state index contributed by atoms with van der Waals surface area (Å²) in [6.45, 7) is 7.15. The van der Waals surface area contributed by atoms with Crippen LogP contribution < -0.4 is 16.0 Å². The van der Waals surface area contributed by atoms with E-state index in [0.29, 0.717) is 17.0 Å². The lowest BCUT2D eigenvalue weighted by molar-refractivity contribution is -0.118. The van der Waals surface area contributed by atoms with Crippen LogP contribution in [0.3, 0.4) is 0 Å². The summed E-state index contributed by atoms with van der Waals surface area (Å²) in [7, 11) is 0. The maximum absolute atomic E-state index is 12.8. The molecule has 0 radical (unpaired) electrons. The molecule has 1 heterocycles. The maximum Gasteiger partial charge on any atom is 0.408 e. The van der Waals surface area contributed by atoms with E-state index in [4.69, 9.17) is 9.47 Å². The molecule has 1 aromatic carbocycles. The molecule has 0 aliphatic heterocycles. The molecule has 0 aliphatic carbocycles. The Labute approximate surface area is 209 Å². The molecule has 10 heteroatoms. The van der Waals surface area contributed by atoms with Crippen LogP contribution in [0.5, 0.6) is 0 Å². The van der Waals surface area contributed by atoms with Crippen LogP contribution in [-0.4, -0.2) is 36.5 Å². The van der Waals surface area contributed by atoms with E-state index in [1.165, 1.54) is 6.92 Å². The molecular weight excluding hydrogens is 470 g/mol. The van der Waals surface area contributed by atoms with E-state index in [0.717, 1.165) is 36.2 Å². The molecule has 1 atom stereocenters. The highest BCUT2D eigenvalue weighted by atomic mass is 32.1. The number of thiophene rings is 1. The summed E-state index contributed by atoms with van der Waals surface area (Å²) in [6.07, 6.45) is 2.34. The van der Waals surface area contributed by atoms with Gasteiger partial charge in [0.2, 0.25) is 11.8 Å². The van der Waals surface area contributed by atoms with Crippen LogP contribution in [-0.2, 0) is 25.7 Å². The van der Waals surface area contributed by atoms with Crippen molar-refractivity contribution in [3.63, 3.8) is 0 Å². The normalized spacial score (nSPS) is 11.3. The molecule has 3 N–H and O–H groups in total. The SMILES string of the molecule is CCCCCC(=O)Nc1sc(NC(=O)[C@H](C)NC(=O)OCc2ccccc2)c(C(=O)OCC)c1C. The number of hydrogen-bond donors (Lipinski definition) is 3. The highest BCUT2D eigenvalue weighted by Gasteiger charge is 2.26. The topological polar surface area (TPSA) is 123 Å². The van der Waals surface area contributed by atoms with E-state index in [-0.39, 0.29) is 29.7 Å². The zero-order chi connectivity index (χ0) is 25.8. The van der Waals surface area contributed by atoms with Crippen molar-refractivity contribution in [1.29, 1.82) is 0 Å². The number of carbonyl (C=O) groups excluding carboxylic acids is 4. The van der Waals surface area contributed by atoms with Gasteiger partial charge in [-0.25, -0.2) is 9.59 Å². The minimum Gasteiger partial charge on any atom is -0.462 e. The van der Waals surface area contributed by atoms with E-state index in [9.17, 15) is 19.2 Å². The highest BCUT2D eigenvalue weighted by molar-refractivity contribution is 7.21. The molecule has 1 aromatic heterocycles. The number of esters is 1. The van der Waals surface area contributed by atoms with Crippen molar-refractivity contribution in [2.45, 2.75) is 66.0 Å². The number of hydrogen-bond acceptors (Lipinski definition) is 7. The van der Waals surface area contributed by atoms with Crippen LogP contribution in [0.1, 0.15) is 67.9 Å². The number of alkyl carbamates (subject to hydrolysis) is 1. The van der Waals surface area contributed by atoms with Crippen molar-refractivity contribution in [3.8, 4) is 0 Å². The van der Waals surface area contributed by atoms with Gasteiger partial charge in [0.15, 0.2) is 0 Å². The van der Waals surface area contributed by atoms with Crippen LogP contribution in [0, 0.1) is 6.92 Å². The van der Waals surface area contributed by atoms with Gasteiger partial charge in [-0.1, -0.05) is 61.4 Å². The lowest BCUT2D eigenvalue weighted by Crippen LogP contribution is -2.41. The summed E-state index contributed by atoms with van der Waals surface area (Å²) in [4.78, 5) is 49.7. The third-order valence-electron chi connectivity index (χ3n) is 5.06. The van der Waals surface area contributed by atoms with Gasteiger partial charge in [-0.15, -0.1) is 0 Å². The predicted molar refractivity (Wildman–Crippen MR) is 136 cm³/mol. The molecule has 0 spiro atoms. The zero-order valence-corrected chi connectivity index (χ0v) is 21.4. The predicted octanol–water partition coefficient (Wildman–Crippen LogP) is 5.01. The van der Waals surface area contributed by atoms with Crippen LogP contribution >= 0.6 is 11.3 Å². The van der Waals surface area contributed by atoms with Gasteiger partial charge in [-0.3, -0.25) is 9.59 Å². The Kier molecular flexibility index (Phi) is 11.2. The number of benzene rings is 1. The van der Waals surface area contributed by atoms with Gasteiger partial charge in [0.05, 0.1) is 12.2 Å². The Bertz CT molecular complexity index is 1020. The Hall–Kier alpha value is -3.40. The van der Waals surface area contributed by atoms with Gasteiger partial charge < -0.3 is 25.4 Å². The van der Waals surface area contributed by atoms with Crippen LogP contribution in [0.4, 0.5) is 14.8 Å². The van der Waals surface area contributed by atoms with Gasteiger partial charge >= 0.3 is 12.1 Å². The number of carbonyl (C=O) groups is 4. The fourth-order valence-corrected chi connectivity index (χ4v) is 4.24. The fraction of sp³-hybridized carbons (Fsp3) is 0.440. The molecule has 190 valence electrons. The van der Waals surface area contributed by atoms with Gasteiger partial charge in [-0.05, 0) is 32.8 Å². The number of ether oxygens (including phenoxy) is 2. The minimum atomic E-state index is -0.942. The zero-order valence-electron chi connectivity index (χ0n) is 20.6. The molecule has 2 rings (SSSR count). The Morgan fingerprint density at radius 1 is 0.971 bits per heavy atom. The lowest BCUT2D eigenvalue weighted by atomic mass is 10.1. The first kappa shape index (κ1) is 27.8. The quantitative estimate of drug-likeness (QED) is 0.277. The molecule has 9 nitrogen and oxygen atoms in total. The summed E-state index contributed by atoms with van der Waals surface area (Å²) in [5.41, 5.74) is 1.50. The summed E-state index contributed by atoms with van der Waals surface area (Å²) in [6, 6.07) is 8.22. The van der Waals surface area contributed by atoms with Crippen LogP contribution in [0.2, 0.25) is 0 Å². The number of unbranched alkanes of at least 4 members (excludes halogenated alkanes) is 2. The summed E-state index contributed by atoms with van der Waals surface area (Å²) in [5, 5.41) is 8.67. The summed E-state index contributed by atoms with van der Waals surface area (Å²) >= 11 is 1.07. The van der Waals surface area contributed by atoms with E-state index < -0.39 is 24.0 Å². The molecule has 0 saturated carbocycles. The van der Waals surface area contributed by atoms with E-state index in [1.807, 2.05) is 30.3 Å². The van der Waals surface area contributed by atoms with E-state index in [1.54, 1.807) is 13.8 Å². The number of amides is 3. The summed E-state index contributed by atoms with van der Waals surface area (Å²) in [5.74, 6) is -1.31. The average Bonchev–Trinajstić information content (AvgIpc) is 3.12. The number of rotatable bonds is 12. The number of nitrogens with one attached hydrogen (secondary N) is 3. The molecule has 0 fully saturated rings. The molecule has 0 aliphatic rings. The lowest BCUT2D eigenvalue weighted by Gasteiger charge is -2.14. The van der Waals surface area contributed by atoms with Gasteiger partial charge in [0.25, 0.3) is 0 Å². The molecular formula is C25H33N3O6S. The molecule has 0 saturated heterocycles. The fourth-order valence-electron chi connectivity index (χ4n) is 3.12. The first-order valence-electron chi connectivity index (χ1n) is 11.6. The highest BCUT2D eigenvalue weighted by Crippen LogP contribution is 2.38. The molecule has 2 aromatic rings. The second-order valence-electron chi connectivity index (χ2n) is 7.90. The smallest absolute Gasteiger partial charge is 0.408 e. The Morgan fingerprint density at radius 3 is 2.34 bits per heavy atom. The van der Waals surface area contributed by atoms with Crippen molar-refractivity contribution in [1.82, 2.24) is 5.32 Å². The van der Waals surface area contributed by atoms with Crippen molar-refractivity contribution in [3.05, 3.63) is 47.0 Å². The maximum atomic E-state index is 12.8. The first-order chi connectivity index (χ1) is 16.8. The van der Waals surface area contributed by atoms with Crippen molar-refractivity contribution in [2.75, 3.05) is 17.2 Å². The molecule has 0 unspecified atom stereocenters. The third kappa shape index (κ3) is 8.71. The largest absolute Gasteiger partial charge is 0.462 e. The van der Waals surface area contributed by atoms with E-state index >= 15 is 0 Å².